The normalized spacial score (nSPS) is 19.0. The minimum atomic E-state index is -3.73. The third-order valence-electron chi connectivity index (χ3n) is 4.17. The summed E-state index contributed by atoms with van der Waals surface area (Å²) in [5, 5.41) is 6.21. The number of ether oxygens (including phenoxy) is 1. The molecule has 1 fully saturated rings. The summed E-state index contributed by atoms with van der Waals surface area (Å²) in [6.07, 6.45) is 2.81. The molecule has 2 aromatic rings. The maximum absolute atomic E-state index is 13.2. The van der Waals surface area contributed by atoms with Gasteiger partial charge < -0.3 is 4.74 Å². The smallest absolute Gasteiger partial charge is 0.310 e. The number of piperidine rings is 1. The number of aryl methyl sites for hydroxylation is 1. The second-order valence-electron chi connectivity index (χ2n) is 5.95. The molecular weight excluding hydrogens is 362 g/mol. The summed E-state index contributed by atoms with van der Waals surface area (Å²) in [6.45, 7) is 2.60. The van der Waals surface area contributed by atoms with Crippen molar-refractivity contribution in [1.82, 2.24) is 14.1 Å². The molecule has 0 amide bonds. The lowest BCUT2D eigenvalue weighted by Crippen LogP contribution is -2.42. The summed E-state index contributed by atoms with van der Waals surface area (Å²) in [5.74, 6) is -0.739. The van der Waals surface area contributed by atoms with Crippen molar-refractivity contribution in [3.63, 3.8) is 0 Å². The van der Waals surface area contributed by atoms with E-state index in [1.807, 2.05) is 17.5 Å². The minimum absolute atomic E-state index is 0.153. The summed E-state index contributed by atoms with van der Waals surface area (Å²) in [7, 11) is -2.03. The van der Waals surface area contributed by atoms with Crippen LogP contribution in [0.1, 0.15) is 19.8 Å². The lowest BCUT2D eigenvalue weighted by atomic mass is 10.0. The number of sulfonamides is 1. The first-order valence-electron chi connectivity index (χ1n) is 8.17. The molecule has 25 heavy (non-hydrogen) atoms. The number of rotatable bonds is 5. The molecule has 1 saturated heterocycles. The van der Waals surface area contributed by atoms with Gasteiger partial charge in [-0.15, -0.1) is 11.3 Å². The van der Waals surface area contributed by atoms with Gasteiger partial charge in [0.1, 0.15) is 10.6 Å². The molecule has 136 valence electrons. The van der Waals surface area contributed by atoms with E-state index in [9.17, 15) is 13.2 Å². The standard InChI is InChI=1S/C16H21N3O4S2/c1-3-23-16(20)12-6-4-8-19(10-12)25(21,22)14-11-18(2)17-15(14)13-7-5-9-24-13/h5,7,9,11-12H,3-4,6,8,10H2,1-2H3. The average molecular weight is 383 g/mol. The Balaban J connectivity index is 1.91. The number of carbonyl (C=O) groups excluding carboxylic acids is 1. The molecule has 1 unspecified atom stereocenters. The Morgan fingerprint density at radius 3 is 2.96 bits per heavy atom. The SMILES string of the molecule is CCOC(=O)C1CCCN(S(=O)(=O)c2cn(C)nc2-c2cccs2)C1. The Hall–Kier alpha value is -1.71. The molecule has 0 bridgehead atoms. The number of hydrogen-bond donors (Lipinski definition) is 0. The van der Waals surface area contributed by atoms with Crippen LogP contribution in [0.15, 0.2) is 28.6 Å². The summed E-state index contributed by atoms with van der Waals surface area (Å²) >= 11 is 1.45. The molecule has 1 atom stereocenters. The highest BCUT2D eigenvalue weighted by Crippen LogP contribution is 2.32. The zero-order valence-electron chi connectivity index (χ0n) is 14.2. The molecule has 0 spiro atoms. The number of aromatic nitrogens is 2. The van der Waals surface area contributed by atoms with Gasteiger partial charge in [-0.2, -0.15) is 9.40 Å². The summed E-state index contributed by atoms with van der Waals surface area (Å²) in [6, 6.07) is 3.71. The molecule has 0 aliphatic carbocycles. The Kier molecular flexibility index (Phi) is 5.26. The van der Waals surface area contributed by atoms with E-state index >= 15 is 0 Å². The van der Waals surface area contributed by atoms with Crippen LogP contribution in [0.3, 0.4) is 0 Å². The molecule has 3 rings (SSSR count). The highest BCUT2D eigenvalue weighted by molar-refractivity contribution is 7.89. The van der Waals surface area contributed by atoms with Gasteiger partial charge >= 0.3 is 5.97 Å². The van der Waals surface area contributed by atoms with Gasteiger partial charge in [-0.3, -0.25) is 9.48 Å². The predicted octanol–water partition coefficient (Wildman–Crippen LogP) is 2.11. The van der Waals surface area contributed by atoms with Gasteiger partial charge in [0.25, 0.3) is 0 Å². The molecule has 3 heterocycles. The molecule has 2 aromatic heterocycles. The van der Waals surface area contributed by atoms with Crippen molar-refractivity contribution in [3.05, 3.63) is 23.7 Å². The molecule has 7 nitrogen and oxygen atoms in total. The maximum atomic E-state index is 13.2. The van der Waals surface area contributed by atoms with Crippen LogP contribution in [0.2, 0.25) is 0 Å². The van der Waals surface area contributed by atoms with Crippen LogP contribution in [0.5, 0.6) is 0 Å². The van der Waals surface area contributed by atoms with E-state index in [0.29, 0.717) is 31.7 Å². The topological polar surface area (TPSA) is 81.5 Å². The van der Waals surface area contributed by atoms with Crippen LogP contribution in [0.25, 0.3) is 10.6 Å². The largest absolute Gasteiger partial charge is 0.466 e. The molecule has 1 aliphatic rings. The highest BCUT2D eigenvalue weighted by Gasteiger charge is 2.36. The fourth-order valence-corrected chi connectivity index (χ4v) is 5.48. The van der Waals surface area contributed by atoms with Crippen molar-refractivity contribution < 1.29 is 17.9 Å². The van der Waals surface area contributed by atoms with Gasteiger partial charge in [0.05, 0.1) is 17.4 Å². The number of thiophene rings is 1. The number of esters is 1. The molecule has 1 aliphatic heterocycles. The van der Waals surface area contributed by atoms with Crippen molar-refractivity contribution in [2.45, 2.75) is 24.7 Å². The van der Waals surface area contributed by atoms with E-state index in [1.165, 1.54) is 26.5 Å². The Morgan fingerprint density at radius 1 is 1.48 bits per heavy atom. The van der Waals surface area contributed by atoms with Gasteiger partial charge in [0.15, 0.2) is 0 Å². The summed E-state index contributed by atoms with van der Waals surface area (Å²) < 4.78 is 34.3. The third kappa shape index (κ3) is 3.63. The van der Waals surface area contributed by atoms with E-state index < -0.39 is 15.9 Å². The molecule has 0 N–H and O–H groups in total. The Bertz CT molecular complexity index is 843. The Morgan fingerprint density at radius 2 is 2.28 bits per heavy atom. The van der Waals surface area contributed by atoms with Crippen LogP contribution in [-0.2, 0) is 26.6 Å². The lowest BCUT2D eigenvalue weighted by Gasteiger charge is -2.30. The predicted molar refractivity (Wildman–Crippen MR) is 94.6 cm³/mol. The van der Waals surface area contributed by atoms with E-state index in [1.54, 1.807) is 14.0 Å². The molecule has 0 aromatic carbocycles. The maximum Gasteiger partial charge on any atom is 0.310 e. The van der Waals surface area contributed by atoms with Gasteiger partial charge in [-0.1, -0.05) is 6.07 Å². The van der Waals surface area contributed by atoms with E-state index in [2.05, 4.69) is 5.10 Å². The second kappa shape index (κ2) is 7.27. The molecule has 0 radical (unpaired) electrons. The van der Waals surface area contributed by atoms with Crippen LogP contribution in [-0.4, -0.2) is 48.2 Å². The first kappa shape index (κ1) is 18.1. The second-order valence-corrected chi connectivity index (χ2v) is 8.80. The zero-order valence-corrected chi connectivity index (χ0v) is 15.8. The van der Waals surface area contributed by atoms with Crippen molar-refractivity contribution in [3.8, 4) is 10.6 Å². The quantitative estimate of drug-likeness (QED) is 0.739. The van der Waals surface area contributed by atoms with Crippen molar-refractivity contribution in [2.24, 2.45) is 13.0 Å². The Labute approximate surface area is 151 Å². The van der Waals surface area contributed by atoms with Crippen molar-refractivity contribution >= 4 is 27.3 Å². The summed E-state index contributed by atoms with van der Waals surface area (Å²) in [5.41, 5.74) is 0.454. The number of carbonyl (C=O) groups is 1. The van der Waals surface area contributed by atoms with Crippen LogP contribution in [0.4, 0.5) is 0 Å². The molecular formula is C16H21N3O4S2. The number of nitrogens with zero attached hydrogens (tertiary/aromatic N) is 3. The van der Waals surface area contributed by atoms with Gasteiger partial charge in [-0.25, -0.2) is 8.42 Å². The van der Waals surface area contributed by atoms with Gasteiger partial charge in [-0.05, 0) is 31.2 Å². The third-order valence-corrected chi connectivity index (χ3v) is 6.91. The molecule has 9 heteroatoms. The average Bonchev–Trinajstić information content (AvgIpc) is 3.24. The fraction of sp³-hybridized carbons (Fsp3) is 0.500. The van der Waals surface area contributed by atoms with Gasteiger partial charge in [0.2, 0.25) is 10.0 Å². The van der Waals surface area contributed by atoms with E-state index in [-0.39, 0.29) is 17.4 Å². The van der Waals surface area contributed by atoms with Gasteiger partial charge in [0, 0.05) is 26.3 Å². The van der Waals surface area contributed by atoms with Crippen molar-refractivity contribution in [1.29, 1.82) is 0 Å². The van der Waals surface area contributed by atoms with Crippen LogP contribution >= 0.6 is 11.3 Å². The summed E-state index contributed by atoms with van der Waals surface area (Å²) in [4.78, 5) is 13.0. The highest BCUT2D eigenvalue weighted by atomic mass is 32.2. The molecule has 0 saturated carbocycles. The van der Waals surface area contributed by atoms with Crippen molar-refractivity contribution in [2.75, 3.05) is 19.7 Å². The first-order chi connectivity index (χ1) is 11.9. The number of hydrogen-bond acceptors (Lipinski definition) is 6. The zero-order chi connectivity index (χ0) is 18.0. The first-order valence-corrected chi connectivity index (χ1v) is 10.5. The van der Waals surface area contributed by atoms with E-state index in [4.69, 9.17) is 4.74 Å². The lowest BCUT2D eigenvalue weighted by molar-refractivity contribution is -0.149. The van der Waals surface area contributed by atoms with E-state index in [0.717, 1.165) is 4.88 Å². The minimum Gasteiger partial charge on any atom is -0.466 e. The monoisotopic (exact) mass is 383 g/mol. The van der Waals surface area contributed by atoms with Crippen LogP contribution in [0, 0.1) is 5.92 Å². The van der Waals surface area contributed by atoms with Crippen LogP contribution < -0.4 is 0 Å². The fourth-order valence-electron chi connectivity index (χ4n) is 2.99.